The van der Waals surface area contributed by atoms with Gasteiger partial charge in [0, 0.05) is 36.8 Å². The maximum atomic E-state index is 12.6. The number of aromatic nitrogens is 1. The second kappa shape index (κ2) is 7.23. The minimum Gasteiger partial charge on any atom is -0.380 e. The number of hydrogen-bond acceptors (Lipinski definition) is 5. The maximum Gasteiger partial charge on any atom is 0.227 e. The lowest BCUT2D eigenvalue weighted by Gasteiger charge is -2.27. The number of ether oxygens (including phenoxy) is 2. The van der Waals surface area contributed by atoms with E-state index < -0.39 is 0 Å². The van der Waals surface area contributed by atoms with Crippen molar-refractivity contribution in [3.05, 3.63) is 52.5 Å². The number of amides is 1. The first-order valence-electron chi connectivity index (χ1n) is 8.58. The van der Waals surface area contributed by atoms with E-state index in [0.29, 0.717) is 32.2 Å². The van der Waals surface area contributed by atoms with Gasteiger partial charge in [-0.15, -0.1) is 0 Å². The molecule has 0 saturated carbocycles. The second-order valence-corrected chi connectivity index (χ2v) is 7.79. The molecule has 0 bridgehead atoms. The first-order chi connectivity index (χ1) is 12.3. The van der Waals surface area contributed by atoms with E-state index in [1.54, 1.807) is 17.5 Å². The fourth-order valence-electron chi connectivity index (χ4n) is 3.76. The van der Waals surface area contributed by atoms with Crippen LogP contribution in [-0.4, -0.2) is 48.7 Å². The van der Waals surface area contributed by atoms with Gasteiger partial charge in [0.25, 0.3) is 0 Å². The van der Waals surface area contributed by atoms with Crippen molar-refractivity contribution in [3.63, 3.8) is 0 Å². The van der Waals surface area contributed by atoms with Gasteiger partial charge in [-0.25, -0.2) is 0 Å². The van der Waals surface area contributed by atoms with Gasteiger partial charge >= 0.3 is 0 Å². The lowest BCUT2D eigenvalue weighted by Crippen LogP contribution is -2.37. The summed E-state index contributed by atoms with van der Waals surface area (Å²) in [5, 5.41) is 4.06. The molecule has 4 rings (SSSR count). The maximum absolute atomic E-state index is 12.6. The second-order valence-electron chi connectivity index (χ2n) is 7.01. The van der Waals surface area contributed by atoms with Gasteiger partial charge in [-0.05, 0) is 34.0 Å². The first kappa shape index (κ1) is 16.7. The molecule has 2 aromatic heterocycles. The van der Waals surface area contributed by atoms with Crippen LogP contribution in [0.1, 0.15) is 11.1 Å². The molecule has 0 spiro atoms. The van der Waals surface area contributed by atoms with Crippen molar-refractivity contribution in [1.82, 2.24) is 9.88 Å². The molecule has 4 heterocycles. The Labute approximate surface area is 151 Å². The van der Waals surface area contributed by atoms with E-state index in [9.17, 15) is 4.79 Å². The molecule has 25 heavy (non-hydrogen) atoms. The van der Waals surface area contributed by atoms with Crippen LogP contribution in [-0.2, 0) is 27.3 Å². The smallest absolute Gasteiger partial charge is 0.227 e. The SMILES string of the molecule is O=C(Cc1ccsc1)N1C[C@@H]2COC[C@]2(COCc2cccnc2)C1. The molecule has 2 aliphatic rings. The van der Waals surface area contributed by atoms with Crippen molar-refractivity contribution < 1.29 is 14.3 Å². The number of likely N-dealkylation sites (tertiary alicyclic amines) is 1. The molecule has 0 N–H and O–H groups in total. The number of hydrogen-bond donors (Lipinski definition) is 0. The minimum absolute atomic E-state index is 0.0630. The van der Waals surface area contributed by atoms with Gasteiger partial charge in [0.15, 0.2) is 0 Å². The van der Waals surface area contributed by atoms with Crippen molar-refractivity contribution in [2.75, 3.05) is 32.9 Å². The summed E-state index contributed by atoms with van der Waals surface area (Å²) < 4.78 is 11.7. The molecular weight excluding hydrogens is 336 g/mol. The van der Waals surface area contributed by atoms with Crippen molar-refractivity contribution in [1.29, 1.82) is 0 Å². The Morgan fingerprint density at radius 2 is 2.40 bits per heavy atom. The van der Waals surface area contributed by atoms with Crippen molar-refractivity contribution in [2.24, 2.45) is 11.3 Å². The van der Waals surface area contributed by atoms with Gasteiger partial charge in [-0.2, -0.15) is 11.3 Å². The van der Waals surface area contributed by atoms with Crippen LogP contribution in [0.25, 0.3) is 0 Å². The summed E-state index contributed by atoms with van der Waals surface area (Å²) >= 11 is 1.63. The summed E-state index contributed by atoms with van der Waals surface area (Å²) in [4.78, 5) is 18.7. The standard InChI is InChI=1S/C19H22N2O3S/c22-18(6-15-3-5-25-11-15)21-8-17-10-24-14-19(17,12-21)13-23-9-16-2-1-4-20-7-16/h1-5,7,11,17H,6,8-10,12-14H2/t17-,19-/m1/s1. The Hall–Kier alpha value is -1.76. The van der Waals surface area contributed by atoms with E-state index in [0.717, 1.165) is 30.8 Å². The molecule has 2 fully saturated rings. The Balaban J connectivity index is 1.36. The number of nitrogens with zero attached hydrogens (tertiary/aromatic N) is 2. The van der Waals surface area contributed by atoms with Crippen LogP contribution in [0.15, 0.2) is 41.4 Å². The van der Waals surface area contributed by atoms with Crippen LogP contribution >= 0.6 is 11.3 Å². The summed E-state index contributed by atoms with van der Waals surface area (Å²) in [5.41, 5.74) is 2.11. The highest BCUT2D eigenvalue weighted by Crippen LogP contribution is 2.41. The number of carbonyl (C=O) groups excluding carboxylic acids is 1. The minimum atomic E-state index is -0.0630. The van der Waals surface area contributed by atoms with Crippen molar-refractivity contribution in [3.8, 4) is 0 Å². The quantitative estimate of drug-likeness (QED) is 0.796. The summed E-state index contributed by atoms with van der Waals surface area (Å²) in [6, 6.07) is 5.95. The van der Waals surface area contributed by atoms with Crippen LogP contribution in [0.3, 0.4) is 0 Å². The van der Waals surface area contributed by atoms with Crippen LogP contribution in [0, 0.1) is 11.3 Å². The third kappa shape index (κ3) is 3.61. The largest absolute Gasteiger partial charge is 0.380 e. The monoisotopic (exact) mass is 358 g/mol. The van der Waals surface area contributed by atoms with Gasteiger partial charge < -0.3 is 14.4 Å². The summed E-state index contributed by atoms with van der Waals surface area (Å²) in [7, 11) is 0. The number of fused-ring (bicyclic) bond motifs is 1. The predicted molar refractivity (Wildman–Crippen MR) is 95.2 cm³/mol. The zero-order valence-corrected chi connectivity index (χ0v) is 14.9. The number of carbonyl (C=O) groups is 1. The van der Waals surface area contributed by atoms with Crippen LogP contribution < -0.4 is 0 Å². The number of thiophene rings is 1. The third-order valence-electron chi connectivity index (χ3n) is 5.19. The lowest BCUT2D eigenvalue weighted by molar-refractivity contribution is -0.130. The van der Waals surface area contributed by atoms with E-state index in [4.69, 9.17) is 9.47 Å². The van der Waals surface area contributed by atoms with Gasteiger partial charge in [-0.3, -0.25) is 9.78 Å². The molecule has 0 radical (unpaired) electrons. The summed E-state index contributed by atoms with van der Waals surface area (Å²) in [6.07, 6.45) is 4.08. The Morgan fingerprint density at radius 3 is 3.20 bits per heavy atom. The van der Waals surface area contributed by atoms with Gasteiger partial charge in [0.05, 0.1) is 32.8 Å². The average molecular weight is 358 g/mol. The van der Waals surface area contributed by atoms with Crippen LogP contribution in [0.5, 0.6) is 0 Å². The number of rotatable bonds is 6. The molecule has 6 heteroatoms. The van der Waals surface area contributed by atoms with E-state index >= 15 is 0 Å². The molecular formula is C19H22N2O3S. The first-order valence-corrected chi connectivity index (χ1v) is 9.53. The van der Waals surface area contributed by atoms with Gasteiger partial charge in [0.1, 0.15) is 0 Å². The fourth-order valence-corrected chi connectivity index (χ4v) is 4.43. The molecule has 2 aliphatic heterocycles. The molecule has 2 saturated heterocycles. The number of pyridine rings is 1. The zero-order valence-electron chi connectivity index (χ0n) is 14.1. The average Bonchev–Trinajstić information content (AvgIpc) is 3.31. The Morgan fingerprint density at radius 1 is 1.44 bits per heavy atom. The van der Waals surface area contributed by atoms with E-state index in [2.05, 4.69) is 4.98 Å². The molecule has 0 unspecified atom stereocenters. The molecule has 2 aromatic rings. The molecule has 132 valence electrons. The lowest BCUT2D eigenvalue weighted by atomic mass is 9.82. The molecule has 5 nitrogen and oxygen atoms in total. The van der Waals surface area contributed by atoms with Crippen LogP contribution in [0.4, 0.5) is 0 Å². The third-order valence-corrected chi connectivity index (χ3v) is 5.92. The van der Waals surface area contributed by atoms with Crippen molar-refractivity contribution >= 4 is 17.2 Å². The highest BCUT2D eigenvalue weighted by atomic mass is 32.1. The fraction of sp³-hybridized carbons (Fsp3) is 0.474. The topological polar surface area (TPSA) is 51.7 Å². The zero-order chi connectivity index (χ0) is 17.1. The highest BCUT2D eigenvalue weighted by Gasteiger charge is 2.51. The molecule has 2 atom stereocenters. The molecule has 0 aromatic carbocycles. The van der Waals surface area contributed by atoms with Crippen molar-refractivity contribution in [2.45, 2.75) is 13.0 Å². The van der Waals surface area contributed by atoms with E-state index in [1.165, 1.54) is 0 Å². The van der Waals surface area contributed by atoms with E-state index in [-0.39, 0.29) is 11.3 Å². The molecule has 0 aliphatic carbocycles. The van der Waals surface area contributed by atoms with Crippen LogP contribution in [0.2, 0.25) is 0 Å². The normalized spacial score (nSPS) is 25.3. The van der Waals surface area contributed by atoms with Gasteiger partial charge in [-0.1, -0.05) is 6.07 Å². The van der Waals surface area contributed by atoms with E-state index in [1.807, 2.05) is 40.1 Å². The Bertz CT molecular complexity index is 707. The Kier molecular flexibility index (Phi) is 4.83. The highest BCUT2D eigenvalue weighted by molar-refractivity contribution is 7.08. The summed E-state index contributed by atoms with van der Waals surface area (Å²) in [5.74, 6) is 0.576. The van der Waals surface area contributed by atoms with Gasteiger partial charge in [0.2, 0.25) is 5.91 Å². The molecule has 1 amide bonds. The predicted octanol–water partition coefficient (Wildman–Crippen LogP) is 2.38. The summed E-state index contributed by atoms with van der Waals surface area (Å²) in [6.45, 7) is 4.07.